The van der Waals surface area contributed by atoms with E-state index in [0.29, 0.717) is 24.5 Å². The minimum Gasteiger partial charge on any atom is -0.491 e. The van der Waals surface area contributed by atoms with Crippen molar-refractivity contribution in [3.63, 3.8) is 0 Å². The standard InChI is InChI=1S/C16H15N3O2/c1-18-9-7-13(17-18)5-3-12-4-6-15-14(11-12)19(2)16(20)8-10-21-15/h4,6-7,9,11H,8,10H2,1-2H3. The van der Waals surface area contributed by atoms with Crippen molar-refractivity contribution < 1.29 is 9.53 Å². The van der Waals surface area contributed by atoms with Crippen LogP contribution < -0.4 is 9.64 Å². The van der Waals surface area contributed by atoms with Crippen LogP contribution in [0.2, 0.25) is 0 Å². The SMILES string of the molecule is CN1C(=O)CCOc2ccc(C#Cc3ccn(C)n3)cc21. The number of nitrogens with zero attached hydrogens (tertiary/aromatic N) is 3. The Kier molecular flexibility index (Phi) is 3.36. The molecule has 1 aliphatic rings. The van der Waals surface area contributed by atoms with Crippen molar-refractivity contribution in [1.29, 1.82) is 0 Å². The first-order valence-electron chi connectivity index (χ1n) is 6.68. The summed E-state index contributed by atoms with van der Waals surface area (Å²) in [6, 6.07) is 7.47. The van der Waals surface area contributed by atoms with Crippen molar-refractivity contribution in [2.75, 3.05) is 18.6 Å². The molecule has 3 rings (SSSR count). The molecule has 0 bridgehead atoms. The van der Waals surface area contributed by atoms with Gasteiger partial charge in [0.1, 0.15) is 11.4 Å². The molecule has 0 spiro atoms. The van der Waals surface area contributed by atoms with E-state index in [9.17, 15) is 4.79 Å². The number of carbonyl (C=O) groups excluding carboxylic acids is 1. The van der Waals surface area contributed by atoms with Crippen LogP contribution in [-0.2, 0) is 11.8 Å². The van der Waals surface area contributed by atoms with Gasteiger partial charge in [-0.15, -0.1) is 0 Å². The molecule has 1 amide bonds. The maximum Gasteiger partial charge on any atom is 0.230 e. The number of aromatic nitrogens is 2. The average Bonchev–Trinajstić information content (AvgIpc) is 2.84. The highest BCUT2D eigenvalue weighted by Crippen LogP contribution is 2.31. The first kappa shape index (κ1) is 13.3. The van der Waals surface area contributed by atoms with Gasteiger partial charge in [0.2, 0.25) is 5.91 Å². The van der Waals surface area contributed by atoms with Crippen LogP contribution in [0.25, 0.3) is 0 Å². The van der Waals surface area contributed by atoms with Gasteiger partial charge in [0.15, 0.2) is 0 Å². The van der Waals surface area contributed by atoms with E-state index in [2.05, 4.69) is 16.9 Å². The molecule has 0 N–H and O–H groups in total. The number of benzene rings is 1. The van der Waals surface area contributed by atoms with Gasteiger partial charge >= 0.3 is 0 Å². The number of ether oxygens (including phenoxy) is 1. The zero-order chi connectivity index (χ0) is 14.8. The number of anilines is 1. The Morgan fingerprint density at radius 2 is 2.10 bits per heavy atom. The van der Waals surface area contributed by atoms with Gasteiger partial charge in [0.05, 0.1) is 18.7 Å². The van der Waals surface area contributed by atoms with E-state index >= 15 is 0 Å². The molecule has 0 saturated carbocycles. The number of fused-ring (bicyclic) bond motifs is 1. The molecule has 2 aromatic rings. The molecule has 2 heterocycles. The number of carbonyl (C=O) groups is 1. The predicted octanol–water partition coefficient (Wildman–Crippen LogP) is 1.57. The summed E-state index contributed by atoms with van der Waals surface area (Å²) in [6.07, 6.45) is 2.24. The third kappa shape index (κ3) is 2.75. The zero-order valence-electron chi connectivity index (χ0n) is 12.0. The third-order valence-corrected chi connectivity index (χ3v) is 3.32. The largest absolute Gasteiger partial charge is 0.491 e. The smallest absolute Gasteiger partial charge is 0.230 e. The van der Waals surface area contributed by atoms with E-state index < -0.39 is 0 Å². The fourth-order valence-electron chi connectivity index (χ4n) is 2.15. The Bertz CT molecular complexity index is 752. The second-order valence-corrected chi connectivity index (χ2v) is 4.86. The van der Waals surface area contributed by atoms with Crippen molar-refractivity contribution in [2.45, 2.75) is 6.42 Å². The maximum absolute atomic E-state index is 11.9. The highest BCUT2D eigenvalue weighted by molar-refractivity contribution is 5.95. The summed E-state index contributed by atoms with van der Waals surface area (Å²) in [5.74, 6) is 6.82. The molecular weight excluding hydrogens is 266 g/mol. The highest BCUT2D eigenvalue weighted by Gasteiger charge is 2.19. The van der Waals surface area contributed by atoms with Crippen molar-refractivity contribution in [2.24, 2.45) is 7.05 Å². The van der Waals surface area contributed by atoms with Crippen LogP contribution in [0, 0.1) is 11.8 Å². The molecular formula is C16H15N3O2. The lowest BCUT2D eigenvalue weighted by molar-refractivity contribution is -0.118. The first-order chi connectivity index (χ1) is 10.1. The Labute approximate surface area is 123 Å². The minimum absolute atomic E-state index is 0.0450. The third-order valence-electron chi connectivity index (χ3n) is 3.32. The maximum atomic E-state index is 11.9. The summed E-state index contributed by atoms with van der Waals surface area (Å²) >= 11 is 0. The average molecular weight is 281 g/mol. The Hall–Kier alpha value is -2.74. The van der Waals surface area contributed by atoms with Gasteiger partial charge in [0, 0.05) is 25.9 Å². The van der Waals surface area contributed by atoms with Crippen LogP contribution in [0.5, 0.6) is 5.75 Å². The molecule has 21 heavy (non-hydrogen) atoms. The van der Waals surface area contributed by atoms with Crippen LogP contribution in [0.4, 0.5) is 5.69 Å². The summed E-state index contributed by atoms with van der Waals surface area (Å²) in [6.45, 7) is 0.412. The minimum atomic E-state index is 0.0450. The monoisotopic (exact) mass is 281 g/mol. The summed E-state index contributed by atoms with van der Waals surface area (Å²) in [7, 11) is 3.61. The van der Waals surface area contributed by atoms with Crippen LogP contribution in [-0.4, -0.2) is 29.3 Å². The van der Waals surface area contributed by atoms with E-state index in [1.165, 1.54) is 0 Å². The summed E-state index contributed by atoms with van der Waals surface area (Å²) in [5, 5.41) is 4.21. The van der Waals surface area contributed by atoms with Crippen molar-refractivity contribution >= 4 is 11.6 Å². The second kappa shape index (κ2) is 5.33. The lowest BCUT2D eigenvalue weighted by Crippen LogP contribution is -2.25. The molecule has 106 valence electrons. The van der Waals surface area contributed by atoms with Crippen molar-refractivity contribution in [3.8, 4) is 17.6 Å². The summed E-state index contributed by atoms with van der Waals surface area (Å²) in [4.78, 5) is 13.5. The lowest BCUT2D eigenvalue weighted by atomic mass is 10.1. The van der Waals surface area contributed by atoms with Crippen LogP contribution >= 0.6 is 0 Å². The molecule has 5 nitrogen and oxygen atoms in total. The zero-order valence-corrected chi connectivity index (χ0v) is 12.0. The summed E-state index contributed by atoms with van der Waals surface area (Å²) in [5.41, 5.74) is 2.29. The highest BCUT2D eigenvalue weighted by atomic mass is 16.5. The number of rotatable bonds is 0. The molecule has 0 aliphatic carbocycles. The van der Waals surface area contributed by atoms with Crippen LogP contribution in [0.3, 0.4) is 0 Å². The fourth-order valence-corrected chi connectivity index (χ4v) is 2.15. The van der Waals surface area contributed by atoms with E-state index in [4.69, 9.17) is 4.74 Å². The molecule has 0 fully saturated rings. The number of hydrogen-bond donors (Lipinski definition) is 0. The van der Waals surface area contributed by atoms with Gasteiger partial charge in [-0.3, -0.25) is 9.48 Å². The van der Waals surface area contributed by atoms with E-state index in [-0.39, 0.29) is 5.91 Å². The number of aryl methyl sites for hydroxylation is 1. The fraction of sp³-hybridized carbons (Fsp3) is 0.250. The Balaban J connectivity index is 1.94. The normalized spacial score (nSPS) is 13.8. The molecule has 5 heteroatoms. The van der Waals surface area contributed by atoms with E-state index in [1.807, 2.05) is 37.5 Å². The molecule has 1 aromatic carbocycles. The molecule has 1 aliphatic heterocycles. The Morgan fingerprint density at radius 1 is 1.24 bits per heavy atom. The second-order valence-electron chi connectivity index (χ2n) is 4.86. The molecule has 0 atom stereocenters. The lowest BCUT2D eigenvalue weighted by Gasteiger charge is -2.16. The van der Waals surface area contributed by atoms with E-state index in [0.717, 1.165) is 11.3 Å². The van der Waals surface area contributed by atoms with E-state index in [1.54, 1.807) is 16.6 Å². The number of hydrogen-bond acceptors (Lipinski definition) is 3. The van der Waals surface area contributed by atoms with Gasteiger partial charge < -0.3 is 9.64 Å². The van der Waals surface area contributed by atoms with Gasteiger partial charge in [-0.05, 0) is 30.2 Å². The van der Waals surface area contributed by atoms with Crippen LogP contribution in [0.1, 0.15) is 17.7 Å². The summed E-state index contributed by atoms with van der Waals surface area (Å²) < 4.78 is 7.29. The number of amides is 1. The van der Waals surface area contributed by atoms with Crippen molar-refractivity contribution in [1.82, 2.24) is 9.78 Å². The molecule has 0 saturated heterocycles. The molecule has 0 radical (unpaired) electrons. The van der Waals surface area contributed by atoms with Crippen molar-refractivity contribution in [3.05, 3.63) is 41.7 Å². The van der Waals surface area contributed by atoms with Gasteiger partial charge in [0.25, 0.3) is 0 Å². The predicted molar refractivity (Wildman–Crippen MR) is 79.2 cm³/mol. The molecule has 1 aromatic heterocycles. The first-order valence-corrected chi connectivity index (χ1v) is 6.68. The Morgan fingerprint density at radius 3 is 2.86 bits per heavy atom. The van der Waals surface area contributed by atoms with Gasteiger partial charge in [-0.2, -0.15) is 5.10 Å². The quantitative estimate of drug-likeness (QED) is 0.689. The van der Waals surface area contributed by atoms with Gasteiger partial charge in [-0.25, -0.2) is 0 Å². The topological polar surface area (TPSA) is 47.4 Å². The van der Waals surface area contributed by atoms with Gasteiger partial charge in [-0.1, -0.05) is 5.92 Å². The molecule has 0 unspecified atom stereocenters. The van der Waals surface area contributed by atoms with Crippen LogP contribution in [0.15, 0.2) is 30.5 Å².